The molecule has 128 valence electrons. The van der Waals surface area contributed by atoms with E-state index in [2.05, 4.69) is 0 Å². The topological polar surface area (TPSA) is 118 Å². The maximum absolute atomic E-state index is 12.4. The number of hydrogen-bond donors (Lipinski definition) is 2. The average molecular weight is 362 g/mol. The highest BCUT2D eigenvalue weighted by molar-refractivity contribution is 8.33. The van der Waals surface area contributed by atoms with Crippen LogP contribution >= 0.6 is 10.3 Å². The molecular formula is C14H18O7S2. The Bertz CT molecular complexity index is 752. The second-order valence-corrected chi connectivity index (χ2v) is 11.0. The summed E-state index contributed by atoms with van der Waals surface area (Å²) in [4.78, 5) is 22.7. The molecule has 0 aromatic heterocycles. The molecule has 0 saturated heterocycles. The van der Waals surface area contributed by atoms with Crippen LogP contribution < -0.4 is 0 Å². The van der Waals surface area contributed by atoms with Crippen LogP contribution in [0.5, 0.6) is 0 Å². The van der Waals surface area contributed by atoms with E-state index in [1.165, 1.54) is 24.6 Å². The molecule has 0 aliphatic heterocycles. The number of aliphatic carboxylic acids is 2. The molecule has 23 heavy (non-hydrogen) atoms. The SMILES string of the molecule is Cc1ccc(S(=O)(=O)OS(C)(C)C2(C(=O)O)CC2C(=O)O)cc1. The Morgan fingerprint density at radius 1 is 1.17 bits per heavy atom. The zero-order valence-corrected chi connectivity index (χ0v) is 14.5. The van der Waals surface area contributed by atoms with E-state index in [0.717, 1.165) is 5.56 Å². The standard InChI is InChI=1S/C14H18O7S2/c1-9-4-6-10(7-5-9)23(19,20)21-22(2,3)14(13(17)18)8-11(14)12(15)16/h4-7,11H,8H2,1-3H3,(H,15,16)(H,17,18). The molecule has 1 aromatic rings. The molecule has 1 aliphatic carbocycles. The largest absolute Gasteiger partial charge is 0.481 e. The highest BCUT2D eigenvalue weighted by atomic mass is 32.3. The molecule has 1 saturated carbocycles. The van der Waals surface area contributed by atoms with Gasteiger partial charge in [0, 0.05) is 0 Å². The van der Waals surface area contributed by atoms with Gasteiger partial charge in [0.25, 0.3) is 0 Å². The summed E-state index contributed by atoms with van der Waals surface area (Å²) in [5, 5.41) is 18.5. The lowest BCUT2D eigenvalue weighted by Crippen LogP contribution is -2.35. The van der Waals surface area contributed by atoms with Gasteiger partial charge in [-0.15, -0.1) is 10.3 Å². The van der Waals surface area contributed by atoms with Crippen LogP contribution in [0.2, 0.25) is 0 Å². The molecular weight excluding hydrogens is 344 g/mol. The molecule has 1 aromatic carbocycles. The van der Waals surface area contributed by atoms with E-state index in [0.29, 0.717) is 0 Å². The van der Waals surface area contributed by atoms with Crippen LogP contribution in [0.1, 0.15) is 12.0 Å². The van der Waals surface area contributed by atoms with Crippen molar-refractivity contribution < 1.29 is 31.8 Å². The first kappa shape index (κ1) is 17.8. The van der Waals surface area contributed by atoms with Gasteiger partial charge in [-0.05, 0) is 38.0 Å². The average Bonchev–Trinajstić information content (AvgIpc) is 3.15. The Labute approximate surface area is 135 Å². The molecule has 1 aliphatic rings. The molecule has 2 unspecified atom stereocenters. The lowest BCUT2D eigenvalue weighted by Gasteiger charge is -2.36. The summed E-state index contributed by atoms with van der Waals surface area (Å²) >= 11 is 0. The number of aryl methyl sites for hydroxylation is 1. The van der Waals surface area contributed by atoms with E-state index in [9.17, 15) is 23.1 Å². The fourth-order valence-electron chi connectivity index (χ4n) is 2.55. The summed E-state index contributed by atoms with van der Waals surface area (Å²) < 4.78 is 28.3. The van der Waals surface area contributed by atoms with Crippen molar-refractivity contribution in [2.45, 2.75) is 23.0 Å². The second-order valence-electron chi connectivity index (χ2n) is 5.86. The summed E-state index contributed by atoms with van der Waals surface area (Å²) in [5.41, 5.74) is 0.866. The van der Waals surface area contributed by atoms with Crippen LogP contribution in [-0.4, -0.2) is 47.8 Å². The first-order chi connectivity index (χ1) is 10.4. The summed E-state index contributed by atoms with van der Waals surface area (Å²) in [6.07, 6.45) is 2.61. The third kappa shape index (κ3) is 2.96. The summed E-state index contributed by atoms with van der Waals surface area (Å²) in [6.45, 7) is 1.80. The van der Waals surface area contributed by atoms with E-state index in [-0.39, 0.29) is 11.3 Å². The molecule has 2 rings (SSSR count). The molecule has 0 amide bonds. The zero-order chi connectivity index (χ0) is 17.6. The van der Waals surface area contributed by atoms with Gasteiger partial charge in [0.15, 0.2) is 0 Å². The van der Waals surface area contributed by atoms with Crippen LogP contribution in [0.25, 0.3) is 0 Å². The fraction of sp³-hybridized carbons (Fsp3) is 0.429. The van der Waals surface area contributed by atoms with Gasteiger partial charge in [-0.1, -0.05) is 17.7 Å². The van der Waals surface area contributed by atoms with Gasteiger partial charge >= 0.3 is 22.1 Å². The molecule has 9 heteroatoms. The van der Waals surface area contributed by atoms with Crippen LogP contribution in [0, 0.1) is 12.8 Å². The normalized spacial score (nSPS) is 24.9. The number of benzene rings is 1. The molecule has 2 atom stereocenters. The van der Waals surface area contributed by atoms with Crippen molar-refractivity contribution in [1.82, 2.24) is 0 Å². The van der Waals surface area contributed by atoms with Gasteiger partial charge in [-0.3, -0.25) is 9.59 Å². The van der Waals surface area contributed by atoms with Crippen molar-refractivity contribution in [2.75, 3.05) is 12.5 Å². The predicted octanol–water partition coefficient (Wildman–Crippen LogP) is 1.61. The number of carbonyl (C=O) groups is 2. The van der Waals surface area contributed by atoms with Gasteiger partial charge in [0.05, 0.1) is 10.8 Å². The Morgan fingerprint density at radius 2 is 1.70 bits per heavy atom. The van der Waals surface area contributed by atoms with Crippen molar-refractivity contribution in [2.24, 2.45) is 5.92 Å². The van der Waals surface area contributed by atoms with Crippen LogP contribution in [0.4, 0.5) is 0 Å². The van der Waals surface area contributed by atoms with Crippen molar-refractivity contribution in [1.29, 1.82) is 0 Å². The predicted molar refractivity (Wildman–Crippen MR) is 85.0 cm³/mol. The minimum Gasteiger partial charge on any atom is -0.481 e. The highest BCUT2D eigenvalue weighted by Gasteiger charge is 2.72. The summed E-state index contributed by atoms with van der Waals surface area (Å²) in [7, 11) is -6.91. The highest BCUT2D eigenvalue weighted by Crippen LogP contribution is 2.71. The molecule has 0 bridgehead atoms. The van der Waals surface area contributed by atoms with Gasteiger partial charge in [0.2, 0.25) is 0 Å². The Balaban J connectivity index is 2.35. The van der Waals surface area contributed by atoms with Gasteiger partial charge in [-0.2, -0.15) is 8.42 Å². The first-order valence-corrected chi connectivity index (χ1v) is 10.4. The monoisotopic (exact) mass is 362 g/mol. The molecule has 0 heterocycles. The number of hydrogen-bond acceptors (Lipinski definition) is 5. The van der Waals surface area contributed by atoms with E-state index in [1.807, 2.05) is 0 Å². The quantitative estimate of drug-likeness (QED) is 0.789. The fourth-order valence-corrected chi connectivity index (χ4v) is 7.39. The van der Waals surface area contributed by atoms with Crippen molar-refractivity contribution >= 4 is 32.4 Å². The van der Waals surface area contributed by atoms with Crippen LogP contribution in [0.3, 0.4) is 0 Å². The molecule has 0 radical (unpaired) electrons. The van der Waals surface area contributed by atoms with Gasteiger partial charge in [0.1, 0.15) is 4.75 Å². The minimum atomic E-state index is -4.18. The Hall–Kier alpha value is -1.58. The third-order valence-electron chi connectivity index (χ3n) is 4.02. The smallest absolute Gasteiger partial charge is 0.321 e. The summed E-state index contributed by atoms with van der Waals surface area (Å²) in [5.74, 6) is -3.74. The van der Waals surface area contributed by atoms with Crippen molar-refractivity contribution in [3.05, 3.63) is 29.8 Å². The van der Waals surface area contributed by atoms with Gasteiger partial charge in [-0.25, -0.2) is 3.63 Å². The maximum atomic E-state index is 12.4. The lowest BCUT2D eigenvalue weighted by molar-refractivity contribution is -0.143. The first-order valence-electron chi connectivity index (χ1n) is 6.66. The second kappa shape index (κ2) is 5.50. The van der Waals surface area contributed by atoms with Crippen LogP contribution in [0.15, 0.2) is 29.2 Å². The Kier molecular flexibility index (Phi) is 4.25. The maximum Gasteiger partial charge on any atom is 0.321 e. The van der Waals surface area contributed by atoms with E-state index < -0.39 is 43.0 Å². The zero-order valence-electron chi connectivity index (χ0n) is 12.8. The number of carboxylic acid groups (broad SMARTS) is 2. The molecule has 2 N–H and O–H groups in total. The lowest BCUT2D eigenvalue weighted by atomic mass is 10.2. The van der Waals surface area contributed by atoms with Crippen LogP contribution in [-0.2, 0) is 23.3 Å². The summed E-state index contributed by atoms with van der Waals surface area (Å²) in [6, 6.07) is 5.94. The van der Waals surface area contributed by atoms with Gasteiger partial charge < -0.3 is 10.2 Å². The Morgan fingerprint density at radius 3 is 2.09 bits per heavy atom. The number of rotatable bonds is 6. The molecule has 7 nitrogen and oxygen atoms in total. The van der Waals surface area contributed by atoms with Crippen molar-refractivity contribution in [3.63, 3.8) is 0 Å². The van der Waals surface area contributed by atoms with E-state index in [1.54, 1.807) is 19.1 Å². The van der Waals surface area contributed by atoms with E-state index in [4.69, 9.17) is 8.74 Å². The molecule has 1 fully saturated rings. The van der Waals surface area contributed by atoms with E-state index >= 15 is 0 Å². The molecule has 0 spiro atoms. The van der Waals surface area contributed by atoms with Crippen molar-refractivity contribution in [3.8, 4) is 0 Å². The number of carboxylic acids is 2. The minimum absolute atomic E-state index is 0.0864. The third-order valence-corrected chi connectivity index (χ3v) is 9.32.